The number of fused-ring (bicyclic) bond motifs is 5. The second-order valence-corrected chi connectivity index (χ2v) is 24.5. The second kappa shape index (κ2) is 38.6. The van der Waals surface area contributed by atoms with E-state index in [0.717, 1.165) is 28.3 Å². The van der Waals surface area contributed by atoms with Gasteiger partial charge in [0.2, 0.25) is 0 Å². The van der Waals surface area contributed by atoms with Gasteiger partial charge >= 0.3 is 29.8 Å². The predicted octanol–water partition coefficient (Wildman–Crippen LogP) is 21.5. The van der Waals surface area contributed by atoms with Gasteiger partial charge in [0, 0.05) is 54.7 Å². The molecule has 0 saturated carbocycles. The number of benzene rings is 10. The molecule has 5 aromatic heterocycles. The summed E-state index contributed by atoms with van der Waals surface area (Å²) >= 11 is 0. The highest BCUT2D eigenvalue weighted by atomic mass is 16.5. The molecule has 0 aliphatic rings. The number of aromatic hydroxyl groups is 10. The van der Waals surface area contributed by atoms with E-state index in [-0.39, 0.29) is 141 Å². The number of carboxylic acids is 1. The number of hydrogen-bond acceptors (Lipinski definition) is 24. The summed E-state index contributed by atoms with van der Waals surface area (Å²) in [7, 11) is 1.27. The van der Waals surface area contributed by atoms with Crippen molar-refractivity contribution in [1.82, 2.24) is 0 Å². The number of esters is 4. The van der Waals surface area contributed by atoms with E-state index >= 15 is 0 Å². The number of aromatic carboxylic acids is 1. The minimum Gasteiger partial charge on any atom is -0.508 e. The SMILES string of the molecule is C.C.C.C.C.CC(C)OC(=O)c1cc(O)cc2cc(-c3ccc(O)cc3)oc12.CCCOC(=O)c1cc(O)cc2cc(-c3ccc(O)cc3)oc12.CCOC(=O)c1cc(O)cc2cc(-c3ccc(O)cc3)oc12.COC(=O)c1cc(O)cc2cc(-c3ccc(O)cc3)oc12.O=C(O)c1cc(O)cc2cc(-c3ccc(O)cc3)oc12. The number of carboxylic acid groups (broad SMARTS) is 1. The van der Waals surface area contributed by atoms with Crippen molar-refractivity contribution in [2.24, 2.45) is 0 Å². The van der Waals surface area contributed by atoms with Crippen LogP contribution in [0.3, 0.4) is 0 Å². The van der Waals surface area contributed by atoms with Crippen LogP contribution in [0, 0.1) is 0 Å². The Morgan fingerprint density at radius 3 is 0.763 bits per heavy atom. The summed E-state index contributed by atoms with van der Waals surface area (Å²) in [4.78, 5) is 59.2. The zero-order valence-electron chi connectivity index (χ0n) is 58.5. The molecule has 0 radical (unpaired) electrons. The molecule has 0 fully saturated rings. The molecule has 10 aromatic carbocycles. The van der Waals surface area contributed by atoms with E-state index in [4.69, 9.17) is 41.4 Å². The first-order valence-corrected chi connectivity index (χ1v) is 33.4. The topological polar surface area (TPSA) is 411 Å². The van der Waals surface area contributed by atoms with Crippen molar-refractivity contribution >= 4 is 84.7 Å². The number of rotatable bonds is 14. The van der Waals surface area contributed by atoms with Crippen molar-refractivity contribution in [2.75, 3.05) is 20.3 Å². The molecule has 0 atom stereocenters. The molecule has 0 unspecified atom stereocenters. The maximum absolute atomic E-state index is 12.2. The molecule has 5 heterocycles. The van der Waals surface area contributed by atoms with Crippen LogP contribution in [-0.2, 0) is 18.9 Å². The first-order chi connectivity index (χ1) is 52.2. The Kier molecular flexibility index (Phi) is 29.8. The van der Waals surface area contributed by atoms with E-state index < -0.39 is 29.8 Å². The van der Waals surface area contributed by atoms with Crippen LogP contribution in [-0.4, -0.2) is 112 Å². The molecule has 0 amide bonds. The van der Waals surface area contributed by atoms with E-state index in [0.29, 0.717) is 96.7 Å². The van der Waals surface area contributed by atoms with E-state index in [1.165, 1.54) is 73.8 Å². The van der Waals surface area contributed by atoms with Crippen LogP contribution in [0.4, 0.5) is 0 Å². The molecule has 25 nitrogen and oxygen atoms in total. The highest BCUT2D eigenvalue weighted by molar-refractivity contribution is 6.07. The number of hydrogen-bond donors (Lipinski definition) is 11. The quantitative estimate of drug-likeness (QED) is 0.0356. The average molecular weight is 1560 g/mol. The lowest BCUT2D eigenvalue weighted by Crippen LogP contribution is -2.11. The third kappa shape index (κ3) is 20.8. The number of carbonyl (C=O) groups is 5. The molecule has 25 heteroatoms. The first-order valence-electron chi connectivity index (χ1n) is 33.4. The number of methoxy groups -OCH3 is 1. The van der Waals surface area contributed by atoms with E-state index in [9.17, 15) is 75.0 Å². The highest BCUT2D eigenvalue weighted by Gasteiger charge is 2.24. The van der Waals surface area contributed by atoms with Gasteiger partial charge in [-0.3, -0.25) is 0 Å². The van der Waals surface area contributed by atoms with Crippen molar-refractivity contribution < 1.29 is 121 Å². The standard InChI is InChI=1S/2C18H16O5.C17H14O5.C16H12O5.C15H10O5.5CH4/c1-10(2)22-18(21)15-9-14(20)7-12-8-16(23-17(12)15)11-3-5-13(19)6-4-11;1-2-7-22-18(21)15-10-14(20)8-12-9-16(23-17(12)15)11-3-5-13(19)6-4-11;1-2-21-17(20)14-9-13(19)7-11-8-15(22-16(11)14)10-3-5-12(18)6-4-10;1-20-16(19)13-8-12(18)6-10-7-14(21-15(10)13)9-2-4-11(17)5-3-9;16-10-3-1-8(2-4-10)13-6-9-5-11(17)7-12(15(18)19)14(9)20-13;;;;;/h3-10,19-20H,1-2H3;3-6,8-10,19-20H,2,7H2,1H3;3-9,18-19H,2H2,1H3;2-8,17-18H,1H3;1-7,16-17H,(H,18,19);5*1H4. The number of phenolic OH excluding ortho intramolecular Hbond substituents is 10. The van der Waals surface area contributed by atoms with Gasteiger partial charge in [0.25, 0.3) is 0 Å². The Morgan fingerprint density at radius 1 is 0.307 bits per heavy atom. The second-order valence-electron chi connectivity index (χ2n) is 24.5. The Morgan fingerprint density at radius 2 is 0.535 bits per heavy atom. The fourth-order valence-electron chi connectivity index (χ4n) is 11.2. The number of furan rings is 5. The summed E-state index contributed by atoms with van der Waals surface area (Å²) in [6.07, 6.45) is 0.441. The van der Waals surface area contributed by atoms with Crippen LogP contribution in [0.15, 0.2) is 234 Å². The summed E-state index contributed by atoms with van der Waals surface area (Å²) < 4.78 is 48.6. The lowest BCUT2D eigenvalue weighted by molar-refractivity contribution is 0.0376. The summed E-state index contributed by atoms with van der Waals surface area (Å²) in [5.41, 5.74) is 5.98. The third-order valence-corrected chi connectivity index (χ3v) is 16.1. The van der Waals surface area contributed by atoms with E-state index in [1.54, 1.807) is 160 Å². The van der Waals surface area contributed by atoms with Crippen molar-refractivity contribution in [3.8, 4) is 114 Å². The molecule has 594 valence electrons. The van der Waals surface area contributed by atoms with Gasteiger partial charge in [-0.25, -0.2) is 24.0 Å². The van der Waals surface area contributed by atoms with Gasteiger partial charge in [0.15, 0.2) is 0 Å². The summed E-state index contributed by atoms with van der Waals surface area (Å²) in [6, 6.07) is 54.9. The monoisotopic (exact) mass is 1560 g/mol. The molecule has 0 saturated heterocycles. The highest BCUT2D eigenvalue weighted by Crippen LogP contribution is 2.40. The van der Waals surface area contributed by atoms with Gasteiger partial charge in [0.05, 0.1) is 26.4 Å². The molecular formula is C89H88O25. The molecule has 0 bridgehead atoms. The Bertz CT molecular complexity index is 5820. The molecule has 15 aromatic rings. The fourth-order valence-corrected chi connectivity index (χ4v) is 11.2. The van der Waals surface area contributed by atoms with Gasteiger partial charge in [-0.2, -0.15) is 0 Å². The Hall–Kier alpha value is -14.8. The minimum absolute atomic E-state index is 0. The zero-order valence-corrected chi connectivity index (χ0v) is 58.5. The number of ether oxygens (including phenoxy) is 4. The van der Waals surface area contributed by atoms with Crippen LogP contribution >= 0.6 is 0 Å². The molecular weight excluding hydrogens is 1470 g/mol. The largest absolute Gasteiger partial charge is 0.508 e. The summed E-state index contributed by atoms with van der Waals surface area (Å²) in [5, 5.41) is 107. The van der Waals surface area contributed by atoms with Gasteiger partial charge in [-0.05, 0) is 240 Å². The van der Waals surface area contributed by atoms with Crippen LogP contribution < -0.4 is 0 Å². The summed E-state index contributed by atoms with van der Waals surface area (Å²) in [6.45, 7) is 7.66. The van der Waals surface area contributed by atoms with Crippen molar-refractivity contribution in [3.05, 3.63) is 240 Å². The Balaban J connectivity index is 0.000000220. The Labute approximate surface area is 654 Å². The summed E-state index contributed by atoms with van der Waals surface area (Å²) in [5.74, 6) is -0.287. The van der Waals surface area contributed by atoms with Gasteiger partial charge in [-0.1, -0.05) is 44.1 Å². The van der Waals surface area contributed by atoms with Gasteiger partial charge in [0.1, 0.15) is 142 Å². The van der Waals surface area contributed by atoms with Gasteiger partial charge in [-0.15, -0.1) is 0 Å². The molecule has 0 aliphatic heterocycles. The lowest BCUT2D eigenvalue weighted by atomic mass is 10.1. The predicted molar refractivity (Wildman–Crippen MR) is 434 cm³/mol. The smallest absolute Gasteiger partial charge is 0.342 e. The molecule has 114 heavy (non-hydrogen) atoms. The number of phenols is 10. The van der Waals surface area contributed by atoms with Crippen molar-refractivity contribution in [1.29, 1.82) is 0 Å². The van der Waals surface area contributed by atoms with Crippen LogP contribution in [0.1, 0.15) is 123 Å². The van der Waals surface area contributed by atoms with Crippen molar-refractivity contribution in [3.63, 3.8) is 0 Å². The van der Waals surface area contributed by atoms with Crippen LogP contribution in [0.2, 0.25) is 0 Å². The molecule has 0 aliphatic carbocycles. The zero-order chi connectivity index (χ0) is 77.9. The average Bonchev–Trinajstić information content (AvgIpc) is 1.67. The minimum atomic E-state index is -1.17. The fraction of sp³-hybridized carbons (Fsp3) is 0.157. The number of carbonyl (C=O) groups excluding carboxylic acids is 4. The first kappa shape index (κ1) is 88.2. The van der Waals surface area contributed by atoms with Crippen LogP contribution in [0.25, 0.3) is 111 Å². The maximum atomic E-state index is 12.2. The lowest BCUT2D eigenvalue weighted by Gasteiger charge is -2.08. The molecule has 0 spiro atoms. The van der Waals surface area contributed by atoms with Crippen LogP contribution in [0.5, 0.6) is 57.5 Å². The van der Waals surface area contributed by atoms with E-state index in [1.807, 2.05) is 6.92 Å². The third-order valence-electron chi connectivity index (χ3n) is 16.1. The molecule has 11 N–H and O–H groups in total. The van der Waals surface area contributed by atoms with Crippen molar-refractivity contribution in [2.45, 2.75) is 77.4 Å². The maximum Gasteiger partial charge on any atom is 0.342 e. The normalized spacial score (nSPS) is 10.4. The molecule has 15 rings (SSSR count). The van der Waals surface area contributed by atoms with Gasteiger partial charge < -0.3 is 97.2 Å². The van der Waals surface area contributed by atoms with E-state index in [2.05, 4.69) is 4.74 Å².